The van der Waals surface area contributed by atoms with Crippen LogP contribution in [-0.2, 0) is 0 Å². The molecular formula is C4H11N5O. The van der Waals surface area contributed by atoms with Crippen molar-refractivity contribution in [2.75, 3.05) is 13.7 Å². The Balaban J connectivity index is 3.29. The third-order valence-corrected chi connectivity index (χ3v) is 0.773. The Hall–Kier alpha value is -1.46. The molecule has 0 unspecified atom stereocenters. The number of urea groups is 1. The van der Waals surface area contributed by atoms with Crippen LogP contribution in [-0.4, -0.2) is 25.7 Å². The summed E-state index contributed by atoms with van der Waals surface area (Å²) in [6.45, 7) is 0.193. The average molecular weight is 145 g/mol. The molecular weight excluding hydrogens is 134 g/mol. The monoisotopic (exact) mass is 145 g/mol. The molecule has 0 aliphatic heterocycles. The molecule has 2 amide bonds. The summed E-state index contributed by atoms with van der Waals surface area (Å²) >= 11 is 0. The molecule has 0 bridgehead atoms. The summed E-state index contributed by atoms with van der Waals surface area (Å²) in [4.78, 5) is 13.6. The lowest BCUT2D eigenvalue weighted by Gasteiger charge is -2.03. The summed E-state index contributed by atoms with van der Waals surface area (Å²) in [5.41, 5.74) is 9.96. The van der Waals surface area contributed by atoms with Gasteiger partial charge in [0.1, 0.15) is 0 Å². The van der Waals surface area contributed by atoms with Crippen LogP contribution in [0, 0.1) is 0 Å². The number of amides is 2. The highest BCUT2D eigenvalue weighted by Crippen LogP contribution is 1.56. The standard InChI is InChI=1S/C4H11N5O/c1-7-3(5)8-2-9-4(6)10/h2H2,1H3,(H3,5,7,8)(H3,6,9,10). The molecule has 0 fully saturated rings. The Morgan fingerprint density at radius 1 is 1.50 bits per heavy atom. The van der Waals surface area contributed by atoms with Gasteiger partial charge in [0.05, 0.1) is 6.67 Å². The second-order valence-corrected chi connectivity index (χ2v) is 1.50. The fraction of sp³-hybridized carbons (Fsp3) is 0.500. The number of rotatable bonds is 2. The highest BCUT2D eigenvalue weighted by Gasteiger charge is 1.89. The Morgan fingerprint density at radius 3 is 2.50 bits per heavy atom. The van der Waals surface area contributed by atoms with Gasteiger partial charge in [0, 0.05) is 7.05 Å². The lowest BCUT2D eigenvalue weighted by Crippen LogP contribution is -2.42. The zero-order chi connectivity index (χ0) is 7.98. The van der Waals surface area contributed by atoms with Crippen LogP contribution >= 0.6 is 0 Å². The summed E-state index contributed by atoms with van der Waals surface area (Å²) in [5, 5.41) is 4.86. The Labute approximate surface area is 58.7 Å². The number of nitrogens with one attached hydrogen (secondary N) is 2. The van der Waals surface area contributed by atoms with Crippen LogP contribution in [0.5, 0.6) is 0 Å². The number of primary amides is 1. The predicted molar refractivity (Wildman–Crippen MR) is 38.3 cm³/mol. The summed E-state index contributed by atoms with van der Waals surface area (Å²) in [7, 11) is 1.53. The Kier molecular flexibility index (Phi) is 3.78. The molecule has 0 rings (SSSR count). The van der Waals surface area contributed by atoms with Crippen LogP contribution in [0.3, 0.4) is 0 Å². The minimum absolute atomic E-state index is 0.193. The number of hydrogen-bond donors (Lipinski definition) is 4. The van der Waals surface area contributed by atoms with Crippen LogP contribution in [0.1, 0.15) is 0 Å². The molecule has 0 saturated heterocycles. The largest absolute Gasteiger partial charge is 0.370 e. The molecule has 0 aromatic rings. The zero-order valence-corrected chi connectivity index (χ0v) is 5.72. The number of aliphatic imine (C=N–C) groups is 1. The average Bonchev–Trinajstić information content (AvgIpc) is 1.87. The first-order chi connectivity index (χ1) is 4.66. The Bertz CT molecular complexity index is 143. The van der Waals surface area contributed by atoms with Gasteiger partial charge in [-0.2, -0.15) is 0 Å². The van der Waals surface area contributed by atoms with E-state index < -0.39 is 6.03 Å². The molecule has 0 atom stereocenters. The number of nitrogens with zero attached hydrogens (tertiary/aromatic N) is 1. The molecule has 0 aromatic heterocycles. The van der Waals surface area contributed by atoms with E-state index in [1.54, 1.807) is 0 Å². The fourth-order valence-corrected chi connectivity index (χ4v) is 0.301. The van der Waals surface area contributed by atoms with Crippen LogP contribution in [0.4, 0.5) is 4.79 Å². The van der Waals surface area contributed by atoms with Crippen LogP contribution in [0.25, 0.3) is 0 Å². The molecule has 6 N–H and O–H groups in total. The number of carbonyl (C=O) groups excluding carboxylic acids is 1. The molecule has 10 heavy (non-hydrogen) atoms. The molecule has 0 aromatic carbocycles. The van der Waals surface area contributed by atoms with E-state index >= 15 is 0 Å². The van der Waals surface area contributed by atoms with E-state index in [4.69, 9.17) is 11.5 Å². The van der Waals surface area contributed by atoms with Crippen molar-refractivity contribution >= 4 is 12.0 Å². The van der Waals surface area contributed by atoms with E-state index in [9.17, 15) is 4.79 Å². The normalized spacial score (nSPS) is 10.7. The summed E-state index contributed by atoms with van der Waals surface area (Å²) < 4.78 is 0. The van der Waals surface area contributed by atoms with Crippen molar-refractivity contribution in [2.45, 2.75) is 0 Å². The maximum atomic E-state index is 10.1. The fourth-order valence-electron chi connectivity index (χ4n) is 0.301. The Morgan fingerprint density at radius 2 is 2.10 bits per heavy atom. The van der Waals surface area contributed by atoms with E-state index in [-0.39, 0.29) is 12.6 Å². The third kappa shape index (κ3) is 4.69. The molecule has 0 radical (unpaired) electrons. The van der Waals surface area contributed by atoms with Gasteiger partial charge in [0.2, 0.25) is 0 Å². The van der Waals surface area contributed by atoms with Crippen LogP contribution in [0.2, 0.25) is 0 Å². The summed E-state index contributed by atoms with van der Waals surface area (Å²) in [5.74, 6) is 0.258. The molecule has 0 saturated carbocycles. The van der Waals surface area contributed by atoms with Gasteiger partial charge in [-0.3, -0.25) is 4.99 Å². The SMILES string of the molecule is CN=C(N)NCNC(N)=O. The minimum Gasteiger partial charge on any atom is -0.370 e. The van der Waals surface area contributed by atoms with Gasteiger partial charge in [0.25, 0.3) is 0 Å². The number of hydrogen-bond acceptors (Lipinski definition) is 2. The van der Waals surface area contributed by atoms with Crippen molar-refractivity contribution in [3.8, 4) is 0 Å². The van der Waals surface area contributed by atoms with Gasteiger partial charge in [-0.05, 0) is 0 Å². The number of guanidine groups is 1. The topological polar surface area (TPSA) is 106 Å². The predicted octanol–water partition coefficient (Wildman–Crippen LogP) is -1.85. The second kappa shape index (κ2) is 4.42. The van der Waals surface area contributed by atoms with E-state index in [0.29, 0.717) is 0 Å². The lowest BCUT2D eigenvalue weighted by molar-refractivity contribution is 0.249. The summed E-state index contributed by atoms with van der Waals surface area (Å²) in [6.07, 6.45) is 0. The second-order valence-electron chi connectivity index (χ2n) is 1.50. The van der Waals surface area contributed by atoms with E-state index in [0.717, 1.165) is 0 Å². The number of nitrogens with two attached hydrogens (primary N) is 2. The first kappa shape index (κ1) is 8.54. The minimum atomic E-state index is -0.601. The molecule has 0 spiro atoms. The molecule has 6 nitrogen and oxygen atoms in total. The summed E-state index contributed by atoms with van der Waals surface area (Å²) in [6, 6.07) is -0.601. The van der Waals surface area contributed by atoms with Gasteiger partial charge in [0.15, 0.2) is 5.96 Å². The van der Waals surface area contributed by atoms with Gasteiger partial charge in [-0.25, -0.2) is 4.79 Å². The number of carbonyl (C=O) groups is 1. The van der Waals surface area contributed by atoms with Crippen molar-refractivity contribution in [1.82, 2.24) is 10.6 Å². The van der Waals surface area contributed by atoms with E-state index in [1.165, 1.54) is 7.05 Å². The molecule has 0 aliphatic carbocycles. The maximum Gasteiger partial charge on any atom is 0.313 e. The first-order valence-electron chi connectivity index (χ1n) is 2.66. The van der Waals surface area contributed by atoms with Crippen molar-refractivity contribution in [3.05, 3.63) is 0 Å². The van der Waals surface area contributed by atoms with E-state index in [2.05, 4.69) is 15.6 Å². The zero-order valence-electron chi connectivity index (χ0n) is 5.72. The van der Waals surface area contributed by atoms with Gasteiger partial charge < -0.3 is 22.1 Å². The van der Waals surface area contributed by atoms with Gasteiger partial charge in [-0.15, -0.1) is 0 Å². The van der Waals surface area contributed by atoms with Crippen LogP contribution < -0.4 is 22.1 Å². The van der Waals surface area contributed by atoms with Crippen molar-refractivity contribution in [1.29, 1.82) is 0 Å². The highest BCUT2D eigenvalue weighted by atomic mass is 16.2. The van der Waals surface area contributed by atoms with Gasteiger partial charge >= 0.3 is 6.03 Å². The quantitative estimate of drug-likeness (QED) is 0.208. The van der Waals surface area contributed by atoms with Crippen molar-refractivity contribution in [3.63, 3.8) is 0 Å². The molecule has 0 heterocycles. The lowest BCUT2D eigenvalue weighted by atomic mass is 10.8. The molecule has 0 aliphatic rings. The van der Waals surface area contributed by atoms with Crippen molar-refractivity contribution < 1.29 is 4.79 Å². The highest BCUT2D eigenvalue weighted by molar-refractivity contribution is 5.78. The molecule has 6 heteroatoms. The van der Waals surface area contributed by atoms with Gasteiger partial charge in [-0.1, -0.05) is 0 Å². The van der Waals surface area contributed by atoms with Crippen molar-refractivity contribution in [2.24, 2.45) is 16.5 Å². The smallest absolute Gasteiger partial charge is 0.313 e. The van der Waals surface area contributed by atoms with E-state index in [1.807, 2.05) is 0 Å². The maximum absolute atomic E-state index is 10.1. The third-order valence-electron chi connectivity index (χ3n) is 0.773. The molecule has 58 valence electrons. The first-order valence-corrected chi connectivity index (χ1v) is 2.66. The van der Waals surface area contributed by atoms with Crippen LogP contribution in [0.15, 0.2) is 4.99 Å².